The van der Waals surface area contributed by atoms with Gasteiger partial charge in [-0.1, -0.05) is 0 Å². The second kappa shape index (κ2) is 5.95. The molecule has 2 heterocycles. The van der Waals surface area contributed by atoms with Gasteiger partial charge < -0.3 is 10.5 Å². The number of ether oxygens (including phenoxy) is 1. The van der Waals surface area contributed by atoms with Gasteiger partial charge in [0.15, 0.2) is 0 Å². The van der Waals surface area contributed by atoms with Gasteiger partial charge in [-0.15, -0.1) is 11.3 Å². The van der Waals surface area contributed by atoms with Crippen LogP contribution in [0.15, 0.2) is 38.9 Å². The second-order valence-corrected chi connectivity index (χ2v) is 6.73. The van der Waals surface area contributed by atoms with Gasteiger partial charge in [0, 0.05) is 22.1 Å². The molecule has 0 aliphatic heterocycles. The van der Waals surface area contributed by atoms with Crippen LogP contribution >= 0.6 is 43.2 Å². The van der Waals surface area contributed by atoms with Crippen molar-refractivity contribution >= 4 is 43.2 Å². The summed E-state index contributed by atoms with van der Waals surface area (Å²) in [4.78, 5) is 5.15. The minimum absolute atomic E-state index is 0.137. The SMILES string of the molecule is NCC(Oc1cncc(Br)c1)c1ccc(Br)s1. The monoisotopic (exact) mass is 376 g/mol. The number of hydrogen-bond acceptors (Lipinski definition) is 4. The summed E-state index contributed by atoms with van der Waals surface area (Å²) in [6.45, 7) is 0.430. The van der Waals surface area contributed by atoms with Crippen molar-refractivity contribution in [2.75, 3.05) is 6.54 Å². The molecule has 0 bridgehead atoms. The third-order valence-corrected chi connectivity index (χ3v) is 4.23. The number of thiophene rings is 1. The van der Waals surface area contributed by atoms with Crippen LogP contribution in [0.2, 0.25) is 0 Å². The van der Waals surface area contributed by atoms with E-state index in [1.807, 2.05) is 18.2 Å². The molecule has 2 N–H and O–H groups in total. The summed E-state index contributed by atoms with van der Waals surface area (Å²) in [7, 11) is 0. The first-order valence-electron chi connectivity index (χ1n) is 4.91. The van der Waals surface area contributed by atoms with Crippen LogP contribution in [0.3, 0.4) is 0 Å². The fraction of sp³-hybridized carbons (Fsp3) is 0.182. The van der Waals surface area contributed by atoms with Crippen molar-refractivity contribution in [3.05, 3.63) is 43.7 Å². The number of hydrogen-bond donors (Lipinski definition) is 1. The molecule has 0 fully saturated rings. The van der Waals surface area contributed by atoms with Crippen molar-refractivity contribution < 1.29 is 4.74 Å². The molecule has 2 rings (SSSR count). The zero-order valence-electron chi connectivity index (χ0n) is 8.77. The summed E-state index contributed by atoms with van der Waals surface area (Å²) >= 11 is 8.41. The Hall–Kier alpha value is -0.430. The molecule has 0 amide bonds. The summed E-state index contributed by atoms with van der Waals surface area (Å²) in [6, 6.07) is 5.88. The molecular formula is C11H10Br2N2OS. The Kier molecular flexibility index (Phi) is 4.55. The average molecular weight is 378 g/mol. The van der Waals surface area contributed by atoms with Gasteiger partial charge in [0.2, 0.25) is 0 Å². The Balaban J connectivity index is 2.15. The summed E-state index contributed by atoms with van der Waals surface area (Å²) in [5.74, 6) is 0.708. The highest BCUT2D eigenvalue weighted by molar-refractivity contribution is 9.11. The fourth-order valence-corrected chi connectivity index (χ4v) is 3.15. The summed E-state index contributed by atoms with van der Waals surface area (Å²) in [5.41, 5.74) is 5.73. The topological polar surface area (TPSA) is 48.1 Å². The Morgan fingerprint density at radius 2 is 2.18 bits per heavy atom. The summed E-state index contributed by atoms with van der Waals surface area (Å²) in [6.07, 6.45) is 3.25. The highest BCUT2D eigenvalue weighted by atomic mass is 79.9. The quantitative estimate of drug-likeness (QED) is 0.882. The van der Waals surface area contributed by atoms with E-state index in [1.165, 1.54) is 0 Å². The Morgan fingerprint density at radius 1 is 1.35 bits per heavy atom. The zero-order valence-corrected chi connectivity index (χ0v) is 12.8. The van der Waals surface area contributed by atoms with Gasteiger partial charge >= 0.3 is 0 Å². The van der Waals surface area contributed by atoms with E-state index < -0.39 is 0 Å². The lowest BCUT2D eigenvalue weighted by Crippen LogP contribution is -2.17. The predicted octanol–water partition coefficient (Wildman–Crippen LogP) is 3.75. The molecule has 90 valence electrons. The lowest BCUT2D eigenvalue weighted by Gasteiger charge is -2.15. The molecule has 0 saturated heterocycles. The molecule has 17 heavy (non-hydrogen) atoms. The van der Waals surface area contributed by atoms with E-state index in [-0.39, 0.29) is 6.10 Å². The van der Waals surface area contributed by atoms with Crippen LogP contribution in [0.25, 0.3) is 0 Å². The van der Waals surface area contributed by atoms with Crippen LogP contribution in [-0.2, 0) is 0 Å². The van der Waals surface area contributed by atoms with E-state index in [0.29, 0.717) is 12.3 Å². The van der Waals surface area contributed by atoms with Crippen LogP contribution in [0, 0.1) is 0 Å². The van der Waals surface area contributed by atoms with Gasteiger partial charge in [0.25, 0.3) is 0 Å². The van der Waals surface area contributed by atoms with Crippen molar-refractivity contribution in [1.82, 2.24) is 4.98 Å². The average Bonchev–Trinajstić information content (AvgIpc) is 2.73. The van der Waals surface area contributed by atoms with Gasteiger partial charge in [-0.2, -0.15) is 0 Å². The molecule has 1 atom stereocenters. The van der Waals surface area contributed by atoms with Gasteiger partial charge in [-0.25, -0.2) is 0 Å². The number of halogens is 2. The van der Waals surface area contributed by atoms with Crippen molar-refractivity contribution in [2.24, 2.45) is 5.73 Å². The maximum Gasteiger partial charge on any atom is 0.145 e. The van der Waals surface area contributed by atoms with Crippen LogP contribution in [0.4, 0.5) is 0 Å². The molecule has 0 saturated carbocycles. The summed E-state index contributed by atoms with van der Waals surface area (Å²) in [5, 5.41) is 0. The lowest BCUT2D eigenvalue weighted by molar-refractivity contribution is 0.217. The molecule has 2 aromatic rings. The largest absolute Gasteiger partial charge is 0.482 e. The molecule has 6 heteroatoms. The molecular weight excluding hydrogens is 368 g/mol. The number of nitrogens with zero attached hydrogens (tertiary/aromatic N) is 1. The van der Waals surface area contributed by atoms with Crippen molar-refractivity contribution in [2.45, 2.75) is 6.10 Å². The second-order valence-electron chi connectivity index (χ2n) is 3.32. The first-order chi connectivity index (χ1) is 8.19. The van der Waals surface area contributed by atoms with E-state index in [4.69, 9.17) is 10.5 Å². The third kappa shape index (κ3) is 3.51. The predicted molar refractivity (Wildman–Crippen MR) is 76.4 cm³/mol. The highest BCUT2D eigenvalue weighted by Crippen LogP contribution is 2.30. The maximum atomic E-state index is 5.82. The molecule has 0 aromatic carbocycles. The Morgan fingerprint density at radius 3 is 2.76 bits per heavy atom. The van der Waals surface area contributed by atoms with E-state index >= 15 is 0 Å². The number of nitrogens with two attached hydrogens (primary N) is 1. The van der Waals surface area contributed by atoms with Gasteiger partial charge in [-0.05, 0) is 50.1 Å². The lowest BCUT2D eigenvalue weighted by atomic mass is 10.3. The zero-order chi connectivity index (χ0) is 12.3. The number of aromatic nitrogens is 1. The minimum atomic E-state index is -0.137. The van der Waals surface area contributed by atoms with E-state index in [1.54, 1.807) is 23.7 Å². The van der Waals surface area contributed by atoms with Gasteiger partial charge in [0.1, 0.15) is 11.9 Å². The van der Waals surface area contributed by atoms with E-state index in [0.717, 1.165) is 13.1 Å². The van der Waals surface area contributed by atoms with Gasteiger partial charge in [-0.3, -0.25) is 4.98 Å². The van der Waals surface area contributed by atoms with E-state index in [9.17, 15) is 0 Å². The molecule has 1 unspecified atom stereocenters. The minimum Gasteiger partial charge on any atom is -0.482 e. The number of rotatable bonds is 4. The van der Waals surface area contributed by atoms with Crippen LogP contribution in [0.5, 0.6) is 5.75 Å². The first kappa shape index (κ1) is 13.0. The van der Waals surface area contributed by atoms with Gasteiger partial charge in [0.05, 0.1) is 9.98 Å². The third-order valence-electron chi connectivity index (χ3n) is 2.08. The number of pyridine rings is 1. The first-order valence-corrected chi connectivity index (χ1v) is 7.32. The van der Waals surface area contributed by atoms with Crippen LogP contribution in [-0.4, -0.2) is 11.5 Å². The van der Waals surface area contributed by atoms with Crippen LogP contribution in [0.1, 0.15) is 11.0 Å². The Labute approximate surface area is 120 Å². The normalized spacial score (nSPS) is 12.4. The van der Waals surface area contributed by atoms with Crippen LogP contribution < -0.4 is 10.5 Å². The van der Waals surface area contributed by atoms with Crippen molar-refractivity contribution in [1.29, 1.82) is 0 Å². The highest BCUT2D eigenvalue weighted by Gasteiger charge is 2.14. The van der Waals surface area contributed by atoms with Crippen molar-refractivity contribution in [3.8, 4) is 5.75 Å². The summed E-state index contributed by atoms with van der Waals surface area (Å²) < 4.78 is 7.77. The van der Waals surface area contributed by atoms with E-state index in [2.05, 4.69) is 36.8 Å². The van der Waals surface area contributed by atoms with Crippen molar-refractivity contribution in [3.63, 3.8) is 0 Å². The fourth-order valence-electron chi connectivity index (χ4n) is 1.34. The molecule has 0 radical (unpaired) electrons. The molecule has 0 spiro atoms. The standard InChI is InChI=1S/C11H10Br2N2OS/c12-7-3-8(6-15-5-7)16-9(4-14)10-1-2-11(13)17-10/h1-3,5-6,9H,4,14H2. The molecule has 3 nitrogen and oxygen atoms in total. The maximum absolute atomic E-state index is 5.82. The smallest absolute Gasteiger partial charge is 0.145 e. The molecule has 2 aromatic heterocycles. The molecule has 0 aliphatic carbocycles. The Bertz CT molecular complexity index is 504. The molecule has 0 aliphatic rings.